The average molecular weight is 260 g/mol. The van der Waals surface area contributed by atoms with Crippen molar-refractivity contribution in [3.05, 3.63) is 66.7 Å². The van der Waals surface area contributed by atoms with Crippen LogP contribution in [0.5, 0.6) is 5.75 Å². The topological polar surface area (TPSA) is 43.4 Å². The lowest BCUT2D eigenvalue weighted by molar-refractivity contribution is 0.486. The Labute approximate surface area is 106 Å². The van der Waals surface area contributed by atoms with Crippen LogP contribution in [-0.2, 0) is 10.1 Å². The van der Waals surface area contributed by atoms with Gasteiger partial charge in [0.15, 0.2) is 0 Å². The SMILES string of the molecule is C=Cc1ccc(S(=O)(=O)Oc2ccccc2)cc1. The van der Waals surface area contributed by atoms with Crippen molar-refractivity contribution >= 4 is 16.2 Å². The van der Waals surface area contributed by atoms with Crippen LogP contribution in [0.1, 0.15) is 5.56 Å². The quantitative estimate of drug-likeness (QED) is 0.793. The van der Waals surface area contributed by atoms with Crippen LogP contribution >= 0.6 is 0 Å². The van der Waals surface area contributed by atoms with E-state index in [1.54, 1.807) is 48.5 Å². The molecule has 0 saturated heterocycles. The normalized spacial score (nSPS) is 10.9. The third-order valence-corrected chi connectivity index (χ3v) is 3.61. The molecular weight excluding hydrogens is 248 g/mol. The summed E-state index contributed by atoms with van der Waals surface area (Å²) in [6.45, 7) is 3.61. The second-order valence-electron chi connectivity index (χ2n) is 3.62. The van der Waals surface area contributed by atoms with Crippen LogP contribution in [0.4, 0.5) is 0 Å². The summed E-state index contributed by atoms with van der Waals surface area (Å²) in [5.74, 6) is 0.297. The van der Waals surface area contributed by atoms with Gasteiger partial charge in [-0.1, -0.05) is 43.0 Å². The van der Waals surface area contributed by atoms with Crippen molar-refractivity contribution in [2.75, 3.05) is 0 Å². The van der Waals surface area contributed by atoms with Gasteiger partial charge in [0.2, 0.25) is 0 Å². The Balaban J connectivity index is 2.28. The summed E-state index contributed by atoms with van der Waals surface area (Å²) < 4.78 is 28.9. The summed E-state index contributed by atoms with van der Waals surface area (Å²) in [6, 6.07) is 14.7. The molecule has 0 bridgehead atoms. The minimum atomic E-state index is -3.77. The maximum atomic E-state index is 12.0. The molecule has 0 amide bonds. The van der Waals surface area contributed by atoms with Gasteiger partial charge >= 0.3 is 10.1 Å². The molecule has 0 fully saturated rings. The van der Waals surface area contributed by atoms with E-state index in [2.05, 4.69) is 6.58 Å². The number of benzene rings is 2. The van der Waals surface area contributed by atoms with Crippen molar-refractivity contribution in [3.8, 4) is 5.75 Å². The first kappa shape index (κ1) is 12.4. The Morgan fingerprint density at radius 3 is 2.11 bits per heavy atom. The fourth-order valence-electron chi connectivity index (χ4n) is 1.42. The monoisotopic (exact) mass is 260 g/mol. The van der Waals surface area contributed by atoms with E-state index in [1.165, 1.54) is 12.1 Å². The highest BCUT2D eigenvalue weighted by Gasteiger charge is 2.15. The summed E-state index contributed by atoms with van der Waals surface area (Å²) in [6.07, 6.45) is 1.65. The van der Waals surface area contributed by atoms with Crippen molar-refractivity contribution in [1.29, 1.82) is 0 Å². The van der Waals surface area contributed by atoms with E-state index in [4.69, 9.17) is 4.18 Å². The molecule has 0 heterocycles. The lowest BCUT2D eigenvalue weighted by Gasteiger charge is -2.06. The predicted molar refractivity (Wildman–Crippen MR) is 70.8 cm³/mol. The summed E-state index contributed by atoms with van der Waals surface area (Å²) >= 11 is 0. The van der Waals surface area contributed by atoms with E-state index in [0.29, 0.717) is 5.75 Å². The summed E-state index contributed by atoms with van der Waals surface area (Å²) in [5.41, 5.74) is 0.855. The van der Waals surface area contributed by atoms with Crippen LogP contribution in [0.3, 0.4) is 0 Å². The van der Waals surface area contributed by atoms with Gasteiger partial charge in [-0.05, 0) is 29.8 Å². The van der Waals surface area contributed by atoms with Gasteiger partial charge in [0, 0.05) is 0 Å². The first-order chi connectivity index (χ1) is 8.62. The van der Waals surface area contributed by atoms with Gasteiger partial charge in [-0.2, -0.15) is 8.42 Å². The van der Waals surface area contributed by atoms with Crippen LogP contribution in [0.15, 0.2) is 66.1 Å². The smallest absolute Gasteiger partial charge is 0.339 e. The Bertz CT molecular complexity index is 628. The second kappa shape index (κ2) is 5.06. The van der Waals surface area contributed by atoms with Gasteiger partial charge in [-0.3, -0.25) is 0 Å². The predicted octanol–water partition coefficient (Wildman–Crippen LogP) is 3.10. The fourth-order valence-corrected chi connectivity index (χ4v) is 2.35. The van der Waals surface area contributed by atoms with Gasteiger partial charge in [0.1, 0.15) is 10.6 Å². The third-order valence-electron chi connectivity index (χ3n) is 2.35. The molecule has 0 aromatic heterocycles. The van der Waals surface area contributed by atoms with E-state index >= 15 is 0 Å². The standard InChI is InChI=1S/C14H12O3S/c1-2-12-8-10-14(11-9-12)18(15,16)17-13-6-4-3-5-7-13/h2-11H,1H2. The molecule has 0 unspecified atom stereocenters. The molecule has 18 heavy (non-hydrogen) atoms. The highest BCUT2D eigenvalue weighted by Crippen LogP contribution is 2.18. The van der Waals surface area contributed by atoms with E-state index < -0.39 is 10.1 Å². The molecular formula is C14H12O3S. The minimum Gasteiger partial charge on any atom is -0.379 e. The zero-order valence-electron chi connectivity index (χ0n) is 9.61. The van der Waals surface area contributed by atoms with Crippen LogP contribution in [0.25, 0.3) is 6.08 Å². The third kappa shape index (κ3) is 2.78. The lowest BCUT2D eigenvalue weighted by Crippen LogP contribution is -2.09. The van der Waals surface area contributed by atoms with Crippen molar-refractivity contribution in [3.63, 3.8) is 0 Å². The molecule has 0 N–H and O–H groups in total. The number of para-hydroxylation sites is 1. The maximum Gasteiger partial charge on any atom is 0.339 e. The van der Waals surface area contributed by atoms with Crippen molar-refractivity contribution in [1.82, 2.24) is 0 Å². The van der Waals surface area contributed by atoms with Crippen LogP contribution < -0.4 is 4.18 Å². The van der Waals surface area contributed by atoms with Crippen molar-refractivity contribution < 1.29 is 12.6 Å². The molecule has 4 heteroatoms. The highest BCUT2D eigenvalue weighted by molar-refractivity contribution is 7.87. The van der Waals surface area contributed by atoms with Crippen LogP contribution in [0.2, 0.25) is 0 Å². The molecule has 0 aliphatic carbocycles. The maximum absolute atomic E-state index is 12.0. The number of rotatable bonds is 4. The Morgan fingerprint density at radius 2 is 1.56 bits per heavy atom. The highest BCUT2D eigenvalue weighted by atomic mass is 32.2. The van der Waals surface area contributed by atoms with E-state index in [9.17, 15) is 8.42 Å². The molecule has 2 aromatic rings. The fraction of sp³-hybridized carbons (Fsp3) is 0. The summed E-state index contributed by atoms with van der Waals surface area (Å²) in [4.78, 5) is 0.122. The molecule has 2 rings (SSSR count). The Morgan fingerprint density at radius 1 is 0.944 bits per heavy atom. The van der Waals surface area contributed by atoms with E-state index in [1.807, 2.05) is 0 Å². The first-order valence-electron chi connectivity index (χ1n) is 5.34. The van der Waals surface area contributed by atoms with Gasteiger partial charge in [0.25, 0.3) is 0 Å². The zero-order valence-corrected chi connectivity index (χ0v) is 10.4. The van der Waals surface area contributed by atoms with Crippen LogP contribution in [-0.4, -0.2) is 8.42 Å². The number of hydrogen-bond donors (Lipinski definition) is 0. The molecule has 92 valence electrons. The van der Waals surface area contributed by atoms with E-state index in [0.717, 1.165) is 5.56 Å². The Hall–Kier alpha value is -2.07. The molecule has 2 aromatic carbocycles. The number of hydrogen-bond acceptors (Lipinski definition) is 3. The van der Waals surface area contributed by atoms with Gasteiger partial charge < -0.3 is 4.18 Å². The van der Waals surface area contributed by atoms with Gasteiger partial charge in [-0.15, -0.1) is 0 Å². The van der Waals surface area contributed by atoms with E-state index in [-0.39, 0.29) is 4.90 Å². The zero-order chi connectivity index (χ0) is 13.0. The Kier molecular flexibility index (Phi) is 3.48. The van der Waals surface area contributed by atoms with Gasteiger partial charge in [0.05, 0.1) is 0 Å². The first-order valence-corrected chi connectivity index (χ1v) is 6.75. The average Bonchev–Trinajstić information content (AvgIpc) is 2.39. The summed E-state index contributed by atoms with van der Waals surface area (Å²) in [5, 5.41) is 0. The minimum absolute atomic E-state index is 0.122. The lowest BCUT2D eigenvalue weighted by atomic mass is 10.2. The molecule has 0 spiro atoms. The van der Waals surface area contributed by atoms with Crippen molar-refractivity contribution in [2.24, 2.45) is 0 Å². The van der Waals surface area contributed by atoms with Crippen molar-refractivity contribution in [2.45, 2.75) is 4.90 Å². The molecule has 0 aliphatic rings. The molecule has 0 aliphatic heterocycles. The second-order valence-corrected chi connectivity index (χ2v) is 5.17. The van der Waals surface area contributed by atoms with Crippen LogP contribution in [0, 0.1) is 0 Å². The molecule has 0 radical (unpaired) electrons. The van der Waals surface area contributed by atoms with Gasteiger partial charge in [-0.25, -0.2) is 0 Å². The largest absolute Gasteiger partial charge is 0.379 e. The molecule has 0 atom stereocenters. The summed E-state index contributed by atoms with van der Waals surface area (Å²) in [7, 11) is -3.77. The molecule has 0 saturated carbocycles. The molecule has 3 nitrogen and oxygen atoms in total.